The Bertz CT molecular complexity index is 1180. The van der Waals surface area contributed by atoms with Crippen molar-refractivity contribution in [2.24, 2.45) is 0 Å². The molecule has 0 spiro atoms. The number of nitrogens with zero attached hydrogens (tertiary/aromatic N) is 1. The second kappa shape index (κ2) is 9.53. The molecule has 2 aromatic carbocycles. The number of rotatable bonds is 6. The minimum atomic E-state index is -0.745. The number of hydrogen-bond donors (Lipinski definition) is 2. The maximum Gasteiger partial charge on any atom is 0.340 e. The Morgan fingerprint density at radius 2 is 1.87 bits per heavy atom. The standard InChI is InChI=1S/C22H19ClFN3O4/c1-12-17(23)4-3-5-18(12)27-20(28)10-25-21(29)11-31-22(30)16-8-14-6-7-15(24)9-19(14)26-13(16)2/h3-9H,10-11H2,1-2H3,(H,25,29)(H,27,28). The predicted octanol–water partition coefficient (Wildman–Crippen LogP) is 3.56. The molecule has 3 aromatic rings. The number of carbonyl (C=O) groups excluding carboxylic acids is 3. The van der Waals surface area contributed by atoms with Gasteiger partial charge in [0.05, 0.1) is 23.3 Å². The van der Waals surface area contributed by atoms with Crippen LogP contribution in [0.25, 0.3) is 10.9 Å². The van der Waals surface area contributed by atoms with Gasteiger partial charge in [0, 0.05) is 22.2 Å². The first-order valence-electron chi connectivity index (χ1n) is 9.30. The van der Waals surface area contributed by atoms with E-state index < -0.39 is 30.2 Å². The fourth-order valence-electron chi connectivity index (χ4n) is 2.82. The zero-order valence-electron chi connectivity index (χ0n) is 16.8. The predicted molar refractivity (Wildman–Crippen MR) is 115 cm³/mol. The number of hydrogen-bond acceptors (Lipinski definition) is 5. The molecule has 0 unspecified atom stereocenters. The molecule has 0 aliphatic rings. The highest BCUT2D eigenvalue weighted by molar-refractivity contribution is 6.31. The third-order valence-electron chi connectivity index (χ3n) is 4.51. The highest BCUT2D eigenvalue weighted by Gasteiger charge is 2.16. The highest BCUT2D eigenvalue weighted by Crippen LogP contribution is 2.22. The van der Waals surface area contributed by atoms with Gasteiger partial charge in [-0.05, 0) is 49.7 Å². The van der Waals surface area contributed by atoms with E-state index in [9.17, 15) is 18.8 Å². The largest absolute Gasteiger partial charge is 0.452 e. The first-order chi connectivity index (χ1) is 14.7. The van der Waals surface area contributed by atoms with Crippen molar-refractivity contribution >= 4 is 46.0 Å². The summed E-state index contributed by atoms with van der Waals surface area (Å²) in [6, 6.07) is 10.6. The second-order valence-electron chi connectivity index (χ2n) is 6.77. The van der Waals surface area contributed by atoms with Gasteiger partial charge >= 0.3 is 5.97 Å². The van der Waals surface area contributed by atoms with Crippen LogP contribution in [0, 0.1) is 19.7 Å². The van der Waals surface area contributed by atoms with Crippen LogP contribution in [0.15, 0.2) is 42.5 Å². The molecule has 0 radical (unpaired) electrons. The van der Waals surface area contributed by atoms with Crippen LogP contribution >= 0.6 is 11.6 Å². The van der Waals surface area contributed by atoms with E-state index in [0.717, 1.165) is 0 Å². The summed E-state index contributed by atoms with van der Waals surface area (Å²) >= 11 is 6.01. The Hall–Kier alpha value is -3.52. The first kappa shape index (κ1) is 22.2. The number of nitrogens with one attached hydrogen (secondary N) is 2. The molecular formula is C22H19ClFN3O4. The molecule has 0 bridgehead atoms. The maximum absolute atomic E-state index is 13.3. The average molecular weight is 444 g/mol. The third kappa shape index (κ3) is 5.55. The summed E-state index contributed by atoms with van der Waals surface area (Å²) in [7, 11) is 0. The molecule has 1 heterocycles. The van der Waals surface area contributed by atoms with E-state index in [0.29, 0.717) is 32.9 Å². The Morgan fingerprint density at radius 3 is 2.65 bits per heavy atom. The van der Waals surface area contributed by atoms with Crippen molar-refractivity contribution in [3.8, 4) is 0 Å². The number of ether oxygens (including phenoxy) is 1. The molecule has 7 nitrogen and oxygen atoms in total. The molecule has 0 aliphatic carbocycles. The Morgan fingerprint density at radius 1 is 1.10 bits per heavy atom. The van der Waals surface area contributed by atoms with Crippen LogP contribution in [-0.2, 0) is 14.3 Å². The Labute approximate surface area is 182 Å². The lowest BCUT2D eigenvalue weighted by Gasteiger charge is -2.11. The Balaban J connectivity index is 1.52. The zero-order chi connectivity index (χ0) is 22.5. The number of amides is 2. The van der Waals surface area contributed by atoms with E-state index in [1.807, 2.05) is 0 Å². The van der Waals surface area contributed by atoms with Gasteiger partial charge in [0.2, 0.25) is 5.91 Å². The van der Waals surface area contributed by atoms with E-state index in [1.165, 1.54) is 24.3 Å². The molecule has 0 saturated carbocycles. The molecule has 31 heavy (non-hydrogen) atoms. The highest BCUT2D eigenvalue weighted by atomic mass is 35.5. The van der Waals surface area contributed by atoms with Gasteiger partial charge in [0.25, 0.3) is 5.91 Å². The number of aromatic nitrogens is 1. The molecule has 0 saturated heterocycles. The van der Waals surface area contributed by atoms with Gasteiger partial charge in [-0.3, -0.25) is 14.6 Å². The molecule has 0 atom stereocenters. The number of pyridine rings is 1. The van der Waals surface area contributed by atoms with Crippen LogP contribution in [0.5, 0.6) is 0 Å². The number of fused-ring (bicyclic) bond motifs is 1. The van der Waals surface area contributed by atoms with Gasteiger partial charge in [-0.15, -0.1) is 0 Å². The summed E-state index contributed by atoms with van der Waals surface area (Å²) in [6.45, 7) is 2.48. The van der Waals surface area contributed by atoms with Gasteiger partial charge in [-0.25, -0.2) is 9.18 Å². The van der Waals surface area contributed by atoms with Gasteiger partial charge in [-0.1, -0.05) is 17.7 Å². The lowest BCUT2D eigenvalue weighted by molar-refractivity contribution is -0.126. The first-order valence-corrected chi connectivity index (χ1v) is 9.68. The quantitative estimate of drug-likeness (QED) is 0.568. The van der Waals surface area contributed by atoms with Crippen molar-refractivity contribution in [1.82, 2.24) is 10.3 Å². The van der Waals surface area contributed by atoms with Gasteiger partial charge in [0.15, 0.2) is 6.61 Å². The van der Waals surface area contributed by atoms with E-state index in [4.69, 9.17) is 16.3 Å². The zero-order valence-corrected chi connectivity index (χ0v) is 17.5. The lowest BCUT2D eigenvalue weighted by atomic mass is 10.1. The maximum atomic E-state index is 13.3. The molecule has 9 heteroatoms. The van der Waals surface area contributed by atoms with Crippen molar-refractivity contribution in [2.75, 3.05) is 18.5 Å². The van der Waals surface area contributed by atoms with Crippen LogP contribution in [0.1, 0.15) is 21.6 Å². The van der Waals surface area contributed by atoms with Crippen LogP contribution in [0.3, 0.4) is 0 Å². The molecule has 160 valence electrons. The van der Waals surface area contributed by atoms with Crippen molar-refractivity contribution in [2.45, 2.75) is 13.8 Å². The minimum Gasteiger partial charge on any atom is -0.452 e. The monoisotopic (exact) mass is 443 g/mol. The number of halogens is 2. The van der Waals surface area contributed by atoms with Crippen LogP contribution in [0.2, 0.25) is 5.02 Å². The topological polar surface area (TPSA) is 97.4 Å². The summed E-state index contributed by atoms with van der Waals surface area (Å²) < 4.78 is 18.3. The number of esters is 1. The van der Waals surface area contributed by atoms with Crippen molar-refractivity contribution < 1.29 is 23.5 Å². The summed E-state index contributed by atoms with van der Waals surface area (Å²) in [5.74, 6) is -2.27. The minimum absolute atomic E-state index is 0.168. The summed E-state index contributed by atoms with van der Waals surface area (Å²) in [6.07, 6.45) is 0. The van der Waals surface area contributed by atoms with Gasteiger partial charge in [0.1, 0.15) is 5.82 Å². The SMILES string of the molecule is Cc1nc2cc(F)ccc2cc1C(=O)OCC(=O)NCC(=O)Nc1cccc(Cl)c1C. The van der Waals surface area contributed by atoms with Crippen molar-refractivity contribution in [1.29, 1.82) is 0 Å². The van der Waals surface area contributed by atoms with Crippen molar-refractivity contribution in [3.63, 3.8) is 0 Å². The van der Waals surface area contributed by atoms with Gasteiger partial charge < -0.3 is 15.4 Å². The fourth-order valence-corrected chi connectivity index (χ4v) is 2.99. The summed E-state index contributed by atoms with van der Waals surface area (Å²) in [5.41, 5.74) is 2.17. The van der Waals surface area contributed by atoms with Crippen LogP contribution in [-0.4, -0.2) is 35.9 Å². The molecule has 0 aliphatic heterocycles. The third-order valence-corrected chi connectivity index (χ3v) is 4.92. The fraction of sp³-hybridized carbons (Fsp3) is 0.182. The van der Waals surface area contributed by atoms with E-state index in [1.54, 1.807) is 32.0 Å². The number of anilines is 1. The Kier molecular flexibility index (Phi) is 6.81. The number of aryl methyl sites for hydroxylation is 1. The van der Waals surface area contributed by atoms with Crippen molar-refractivity contribution in [3.05, 3.63) is 70.1 Å². The lowest BCUT2D eigenvalue weighted by Crippen LogP contribution is -2.35. The average Bonchev–Trinajstić information content (AvgIpc) is 2.73. The molecular weight excluding hydrogens is 425 g/mol. The number of benzene rings is 2. The smallest absolute Gasteiger partial charge is 0.340 e. The number of carbonyl (C=O) groups is 3. The normalized spacial score (nSPS) is 10.6. The molecule has 1 aromatic heterocycles. The molecule has 0 fully saturated rings. The van der Waals surface area contributed by atoms with Gasteiger partial charge in [-0.2, -0.15) is 0 Å². The van der Waals surface area contributed by atoms with Crippen LogP contribution in [0.4, 0.5) is 10.1 Å². The summed E-state index contributed by atoms with van der Waals surface area (Å²) in [4.78, 5) is 40.5. The molecule has 2 N–H and O–H groups in total. The van der Waals surface area contributed by atoms with E-state index in [-0.39, 0.29) is 12.1 Å². The second-order valence-corrected chi connectivity index (χ2v) is 7.18. The molecule has 2 amide bonds. The summed E-state index contributed by atoms with van der Waals surface area (Å²) in [5, 5.41) is 6.10. The molecule has 3 rings (SSSR count). The van der Waals surface area contributed by atoms with Crippen LogP contribution < -0.4 is 10.6 Å². The van der Waals surface area contributed by atoms with E-state index in [2.05, 4.69) is 15.6 Å². The van der Waals surface area contributed by atoms with E-state index >= 15 is 0 Å².